The predicted octanol–water partition coefficient (Wildman–Crippen LogP) is 5.31. The van der Waals surface area contributed by atoms with Crippen molar-refractivity contribution in [2.45, 2.75) is 96.4 Å². The van der Waals surface area contributed by atoms with E-state index in [1.807, 2.05) is 6.92 Å². The highest BCUT2D eigenvalue weighted by Gasteiger charge is 2.81. The molecule has 1 heterocycles. The van der Waals surface area contributed by atoms with Crippen molar-refractivity contribution >= 4 is 28.6 Å². The van der Waals surface area contributed by atoms with E-state index >= 15 is 0 Å². The third kappa shape index (κ3) is 3.38. The van der Waals surface area contributed by atoms with E-state index in [4.69, 9.17) is 18.3 Å². The number of ether oxygens (including phenoxy) is 2. The molecule has 6 nitrogen and oxygen atoms in total. The maximum atomic E-state index is 13.7. The zero-order chi connectivity index (χ0) is 25.8. The lowest BCUT2D eigenvalue weighted by molar-refractivity contribution is -0.202. The number of fused-ring (bicyclic) bond motifs is 1. The highest BCUT2D eigenvalue weighted by Crippen LogP contribution is 2.80. The van der Waals surface area contributed by atoms with Gasteiger partial charge in [0.25, 0.3) is 0 Å². The third-order valence-electron chi connectivity index (χ3n) is 10.1. The van der Waals surface area contributed by atoms with Crippen molar-refractivity contribution in [3.63, 3.8) is 0 Å². The molecule has 4 saturated carbocycles. The Labute approximate surface area is 212 Å². The van der Waals surface area contributed by atoms with Gasteiger partial charge < -0.3 is 18.3 Å². The largest absolute Gasteiger partial charge is 0.469 e. The van der Waals surface area contributed by atoms with E-state index in [0.29, 0.717) is 6.61 Å². The molecule has 196 valence electrons. The summed E-state index contributed by atoms with van der Waals surface area (Å²) in [6.45, 7) is 20.5. The Morgan fingerprint density at radius 3 is 2.37 bits per heavy atom. The lowest BCUT2D eigenvalue weighted by Crippen LogP contribution is -2.61. The van der Waals surface area contributed by atoms with Crippen molar-refractivity contribution in [3.05, 3.63) is 12.2 Å². The van der Waals surface area contributed by atoms with Gasteiger partial charge in [-0.1, -0.05) is 13.0 Å². The molecule has 35 heavy (non-hydrogen) atoms. The van der Waals surface area contributed by atoms with Gasteiger partial charge in [0.15, 0.2) is 16.6 Å². The Hall–Kier alpha value is -0.966. The summed E-state index contributed by atoms with van der Waals surface area (Å²) in [5, 5.41) is 0. The number of esters is 2. The average molecular weight is 521 g/mol. The lowest BCUT2D eigenvalue weighted by atomic mass is 9.51. The van der Waals surface area contributed by atoms with Crippen molar-refractivity contribution in [1.82, 2.24) is 0 Å². The molecule has 5 aliphatic rings. The predicted molar refractivity (Wildman–Crippen MR) is 139 cm³/mol. The summed E-state index contributed by atoms with van der Waals surface area (Å²) in [5.74, 6) is -0.546. The van der Waals surface area contributed by atoms with Crippen LogP contribution < -0.4 is 0 Å². The normalized spacial score (nSPS) is 46.6. The van der Waals surface area contributed by atoms with Gasteiger partial charge in [-0.2, -0.15) is 0 Å². The molecular weight excluding hydrogens is 476 g/mol. The molecule has 1 unspecified atom stereocenters. The van der Waals surface area contributed by atoms with E-state index in [1.54, 1.807) is 0 Å². The maximum absolute atomic E-state index is 13.7. The Morgan fingerprint density at radius 2 is 1.77 bits per heavy atom. The minimum Gasteiger partial charge on any atom is -0.469 e. The monoisotopic (exact) mass is 520 g/mol. The van der Waals surface area contributed by atoms with Gasteiger partial charge >= 0.3 is 11.9 Å². The summed E-state index contributed by atoms with van der Waals surface area (Å²) in [4.78, 5) is 27.0. The standard InChI is InChI=1S/C27H44O6Si2/c1-17-14-26-15-27(17,33-35(7,8)9)19(32-34(4,5)6)13-18(26)25-12-10-11-24(2,23(29)31-16-25)21(25)20(26)22(28)30-3/h18-21H,1,10-16H2,2-9H3/t18-,19-,20+,21+,24?,25+,26-,27-/m0/s1. The van der Waals surface area contributed by atoms with Gasteiger partial charge in [-0.3, -0.25) is 9.59 Å². The fourth-order valence-electron chi connectivity index (χ4n) is 9.49. The number of hydrogen-bond donors (Lipinski definition) is 0. The Morgan fingerprint density at radius 1 is 1.09 bits per heavy atom. The second-order valence-corrected chi connectivity index (χ2v) is 23.2. The molecule has 1 saturated heterocycles. The van der Waals surface area contributed by atoms with Crippen molar-refractivity contribution < 1.29 is 27.9 Å². The summed E-state index contributed by atoms with van der Waals surface area (Å²) < 4.78 is 25.5. The maximum Gasteiger partial charge on any atom is 0.312 e. The molecule has 5 fully saturated rings. The van der Waals surface area contributed by atoms with E-state index in [0.717, 1.165) is 44.1 Å². The van der Waals surface area contributed by atoms with Crippen LogP contribution in [0.3, 0.4) is 0 Å². The van der Waals surface area contributed by atoms with Crippen LogP contribution in [0.2, 0.25) is 39.3 Å². The van der Waals surface area contributed by atoms with Crippen LogP contribution in [0.4, 0.5) is 0 Å². The fraction of sp³-hybridized carbons (Fsp3) is 0.852. The molecule has 4 bridgehead atoms. The van der Waals surface area contributed by atoms with Gasteiger partial charge in [0.05, 0.1) is 31.2 Å². The van der Waals surface area contributed by atoms with Gasteiger partial charge in [0.1, 0.15) is 5.60 Å². The molecule has 8 heteroatoms. The van der Waals surface area contributed by atoms with E-state index < -0.39 is 27.7 Å². The van der Waals surface area contributed by atoms with Crippen molar-refractivity contribution in [1.29, 1.82) is 0 Å². The third-order valence-corrected chi connectivity index (χ3v) is 12.0. The summed E-state index contributed by atoms with van der Waals surface area (Å²) in [7, 11) is -2.41. The van der Waals surface area contributed by atoms with Crippen molar-refractivity contribution in [2.24, 2.45) is 34.0 Å². The number of carbonyl (C=O) groups excluding carboxylic acids is 2. The van der Waals surface area contributed by atoms with Gasteiger partial charge in [0, 0.05) is 5.41 Å². The zero-order valence-corrected chi connectivity index (χ0v) is 24.9. The van der Waals surface area contributed by atoms with Crippen LogP contribution in [-0.2, 0) is 27.9 Å². The number of carbonyl (C=O) groups is 2. The summed E-state index contributed by atoms with van der Waals surface area (Å²) in [6, 6.07) is 0. The molecular formula is C27H44O6Si2. The molecule has 1 aliphatic heterocycles. The molecule has 4 aliphatic carbocycles. The first-order chi connectivity index (χ1) is 16.0. The van der Waals surface area contributed by atoms with Crippen LogP contribution in [0.15, 0.2) is 12.2 Å². The van der Waals surface area contributed by atoms with Crippen molar-refractivity contribution in [2.75, 3.05) is 13.7 Å². The average Bonchev–Trinajstić information content (AvgIpc) is 3.10. The summed E-state index contributed by atoms with van der Waals surface area (Å²) >= 11 is 0. The number of methoxy groups -OCH3 is 1. The second kappa shape index (κ2) is 7.54. The Bertz CT molecular complexity index is 968. The highest BCUT2D eigenvalue weighted by atomic mass is 28.4. The minimum absolute atomic E-state index is 0.0800. The molecule has 8 atom stereocenters. The smallest absolute Gasteiger partial charge is 0.312 e. The molecule has 1 spiro atoms. The Balaban J connectivity index is 1.72. The molecule has 5 rings (SSSR count). The fourth-order valence-corrected chi connectivity index (χ4v) is 12.1. The minimum atomic E-state index is -1.99. The number of rotatable bonds is 5. The molecule has 0 amide bonds. The first kappa shape index (κ1) is 25.7. The quantitative estimate of drug-likeness (QED) is 0.278. The summed E-state index contributed by atoms with van der Waals surface area (Å²) in [5.41, 5.74) is -0.744. The first-order valence-corrected chi connectivity index (χ1v) is 20.2. The van der Waals surface area contributed by atoms with Crippen LogP contribution in [0.1, 0.15) is 45.4 Å². The van der Waals surface area contributed by atoms with Crippen molar-refractivity contribution in [3.8, 4) is 0 Å². The molecule has 0 aromatic heterocycles. The van der Waals surface area contributed by atoms with Gasteiger partial charge in [-0.05, 0) is 101 Å². The number of hydrogen-bond acceptors (Lipinski definition) is 6. The Kier molecular flexibility index (Phi) is 5.53. The van der Waals surface area contributed by atoms with Crippen LogP contribution in [0.25, 0.3) is 0 Å². The van der Waals surface area contributed by atoms with E-state index in [9.17, 15) is 9.59 Å². The van der Waals surface area contributed by atoms with Crippen LogP contribution >= 0.6 is 0 Å². The van der Waals surface area contributed by atoms with E-state index in [-0.39, 0.29) is 46.6 Å². The number of cyclic esters (lactones) is 1. The molecule has 0 aromatic rings. The van der Waals surface area contributed by atoms with E-state index in [1.165, 1.54) is 7.11 Å². The SMILES string of the molecule is C=C1C[C@]23C[C@@]1(O[Si](C)(C)C)[C@@H](O[Si](C)(C)C)C[C@H]2[C@@]12CCCC(C)(C(=O)OC1)[C@H]2[C@@H]3C(=O)OC. The summed E-state index contributed by atoms with van der Waals surface area (Å²) in [6.07, 6.45) is 4.92. The first-order valence-electron chi connectivity index (χ1n) is 13.4. The topological polar surface area (TPSA) is 71.1 Å². The molecule has 0 aromatic carbocycles. The van der Waals surface area contributed by atoms with Crippen LogP contribution in [0, 0.1) is 34.0 Å². The van der Waals surface area contributed by atoms with Crippen LogP contribution in [-0.4, -0.2) is 54.0 Å². The molecule has 0 N–H and O–H groups in total. The van der Waals surface area contributed by atoms with Gasteiger partial charge in [-0.25, -0.2) is 0 Å². The van der Waals surface area contributed by atoms with Gasteiger partial charge in [-0.15, -0.1) is 0 Å². The van der Waals surface area contributed by atoms with Crippen LogP contribution in [0.5, 0.6) is 0 Å². The van der Waals surface area contributed by atoms with E-state index in [2.05, 4.69) is 45.9 Å². The second-order valence-electron chi connectivity index (χ2n) is 14.4. The lowest BCUT2D eigenvalue weighted by Gasteiger charge is -2.57. The highest BCUT2D eigenvalue weighted by molar-refractivity contribution is 6.70. The molecule has 0 radical (unpaired) electrons. The van der Waals surface area contributed by atoms with Gasteiger partial charge in [0.2, 0.25) is 0 Å². The zero-order valence-electron chi connectivity index (χ0n) is 22.9.